The summed E-state index contributed by atoms with van der Waals surface area (Å²) in [6.07, 6.45) is 0. The lowest BCUT2D eigenvalue weighted by atomic mass is 10.3. The number of thiazole rings is 1. The minimum absolute atomic E-state index is 0.698. The van der Waals surface area contributed by atoms with Gasteiger partial charge in [0.2, 0.25) is 0 Å². The summed E-state index contributed by atoms with van der Waals surface area (Å²) >= 11 is 13.4. The standard InChI is InChI=1S/C13H8Cl2N2S/c14-8-2-1-3-10(6-8)16-13-17-11-5-4-9(15)7-12(11)18-13/h1-7H,(H,16,17). The van der Waals surface area contributed by atoms with E-state index in [1.54, 1.807) is 11.3 Å². The lowest BCUT2D eigenvalue weighted by Crippen LogP contribution is -1.88. The van der Waals surface area contributed by atoms with Crippen LogP contribution in [0, 0.1) is 0 Å². The number of hydrogen-bond donors (Lipinski definition) is 1. The zero-order chi connectivity index (χ0) is 12.5. The highest BCUT2D eigenvalue weighted by atomic mass is 35.5. The number of nitrogens with one attached hydrogen (secondary N) is 1. The summed E-state index contributed by atoms with van der Waals surface area (Å²) in [6, 6.07) is 13.2. The third-order valence-corrected chi connectivity index (χ3v) is 3.83. The molecule has 2 aromatic carbocycles. The van der Waals surface area contributed by atoms with Crippen LogP contribution in [0.15, 0.2) is 42.5 Å². The molecule has 0 bridgehead atoms. The molecule has 0 aliphatic heterocycles. The molecular formula is C13H8Cl2N2S. The molecule has 18 heavy (non-hydrogen) atoms. The Hall–Kier alpha value is -1.29. The average Bonchev–Trinajstić information content (AvgIpc) is 2.70. The number of benzene rings is 2. The van der Waals surface area contributed by atoms with Crippen LogP contribution in [-0.2, 0) is 0 Å². The molecule has 0 saturated carbocycles. The van der Waals surface area contributed by atoms with E-state index in [9.17, 15) is 0 Å². The lowest BCUT2D eigenvalue weighted by Gasteiger charge is -2.01. The second kappa shape index (κ2) is 4.76. The van der Waals surface area contributed by atoms with Crippen molar-refractivity contribution < 1.29 is 0 Å². The molecule has 0 aliphatic carbocycles. The first-order valence-electron chi connectivity index (χ1n) is 5.29. The summed E-state index contributed by atoms with van der Waals surface area (Å²) in [6.45, 7) is 0. The van der Waals surface area contributed by atoms with Crippen molar-refractivity contribution in [2.45, 2.75) is 0 Å². The highest BCUT2D eigenvalue weighted by molar-refractivity contribution is 7.22. The first-order chi connectivity index (χ1) is 8.70. The van der Waals surface area contributed by atoms with E-state index in [0.29, 0.717) is 5.02 Å². The topological polar surface area (TPSA) is 24.9 Å². The predicted octanol–water partition coefficient (Wildman–Crippen LogP) is 5.35. The van der Waals surface area contributed by atoms with Crippen molar-refractivity contribution in [2.24, 2.45) is 0 Å². The Morgan fingerprint density at radius 3 is 2.67 bits per heavy atom. The molecule has 0 radical (unpaired) electrons. The van der Waals surface area contributed by atoms with E-state index in [-0.39, 0.29) is 0 Å². The van der Waals surface area contributed by atoms with Crippen LogP contribution >= 0.6 is 34.5 Å². The first kappa shape index (κ1) is 11.8. The number of anilines is 2. The molecule has 1 aromatic heterocycles. The monoisotopic (exact) mass is 294 g/mol. The number of hydrogen-bond acceptors (Lipinski definition) is 3. The third kappa shape index (κ3) is 2.43. The van der Waals surface area contributed by atoms with Gasteiger partial charge < -0.3 is 5.32 Å². The van der Waals surface area contributed by atoms with E-state index in [1.807, 2.05) is 42.5 Å². The van der Waals surface area contributed by atoms with Crippen molar-refractivity contribution in [1.29, 1.82) is 0 Å². The van der Waals surface area contributed by atoms with Gasteiger partial charge in [0.05, 0.1) is 10.2 Å². The number of halogens is 2. The van der Waals surface area contributed by atoms with Gasteiger partial charge in [0.15, 0.2) is 5.13 Å². The molecule has 0 atom stereocenters. The molecule has 0 aliphatic rings. The average molecular weight is 295 g/mol. The van der Waals surface area contributed by atoms with Gasteiger partial charge in [-0.15, -0.1) is 0 Å². The van der Waals surface area contributed by atoms with Gasteiger partial charge in [-0.25, -0.2) is 4.98 Å². The van der Waals surface area contributed by atoms with Gasteiger partial charge in [-0.2, -0.15) is 0 Å². The molecule has 1 N–H and O–H groups in total. The highest BCUT2D eigenvalue weighted by Gasteiger charge is 2.04. The third-order valence-electron chi connectivity index (χ3n) is 2.43. The van der Waals surface area contributed by atoms with Crippen LogP contribution in [-0.4, -0.2) is 4.98 Å². The fraction of sp³-hybridized carbons (Fsp3) is 0. The van der Waals surface area contributed by atoms with E-state index in [4.69, 9.17) is 23.2 Å². The van der Waals surface area contributed by atoms with Crippen molar-refractivity contribution in [3.63, 3.8) is 0 Å². The van der Waals surface area contributed by atoms with Crippen molar-refractivity contribution in [3.05, 3.63) is 52.5 Å². The minimum atomic E-state index is 0.698. The summed E-state index contributed by atoms with van der Waals surface area (Å²) in [5.74, 6) is 0. The second-order valence-electron chi connectivity index (χ2n) is 3.77. The Bertz CT molecular complexity index is 709. The molecule has 0 unspecified atom stereocenters. The molecule has 5 heteroatoms. The highest BCUT2D eigenvalue weighted by Crippen LogP contribution is 2.30. The van der Waals surface area contributed by atoms with Crippen molar-refractivity contribution in [2.75, 3.05) is 5.32 Å². The quantitative estimate of drug-likeness (QED) is 0.689. The van der Waals surface area contributed by atoms with Gasteiger partial charge in [-0.05, 0) is 36.4 Å². The maximum atomic E-state index is 5.95. The van der Waals surface area contributed by atoms with Crippen LogP contribution in [0.1, 0.15) is 0 Å². The molecule has 90 valence electrons. The van der Waals surface area contributed by atoms with Crippen LogP contribution in [0.5, 0.6) is 0 Å². The lowest BCUT2D eigenvalue weighted by molar-refractivity contribution is 1.44. The number of aromatic nitrogens is 1. The van der Waals surface area contributed by atoms with Gasteiger partial charge in [-0.1, -0.05) is 40.6 Å². The van der Waals surface area contributed by atoms with Gasteiger partial charge >= 0.3 is 0 Å². The number of rotatable bonds is 2. The van der Waals surface area contributed by atoms with Crippen LogP contribution < -0.4 is 5.32 Å². The summed E-state index contributed by atoms with van der Waals surface area (Å²) in [5.41, 5.74) is 1.86. The number of nitrogens with zero attached hydrogens (tertiary/aromatic N) is 1. The van der Waals surface area contributed by atoms with E-state index >= 15 is 0 Å². The van der Waals surface area contributed by atoms with E-state index < -0.39 is 0 Å². The maximum Gasteiger partial charge on any atom is 0.188 e. The van der Waals surface area contributed by atoms with Crippen LogP contribution in [0.3, 0.4) is 0 Å². The molecule has 0 spiro atoms. The van der Waals surface area contributed by atoms with Crippen molar-refractivity contribution >= 4 is 55.6 Å². The van der Waals surface area contributed by atoms with Crippen molar-refractivity contribution in [3.8, 4) is 0 Å². The summed E-state index contributed by atoms with van der Waals surface area (Å²) < 4.78 is 1.06. The van der Waals surface area contributed by atoms with Crippen LogP contribution in [0.4, 0.5) is 10.8 Å². The van der Waals surface area contributed by atoms with Gasteiger partial charge in [0.1, 0.15) is 0 Å². The zero-order valence-corrected chi connectivity index (χ0v) is 11.5. The Kier molecular flexibility index (Phi) is 3.12. The van der Waals surface area contributed by atoms with Gasteiger partial charge in [0, 0.05) is 15.7 Å². The summed E-state index contributed by atoms with van der Waals surface area (Å²) in [5, 5.41) is 5.48. The van der Waals surface area contributed by atoms with Crippen LogP contribution in [0.25, 0.3) is 10.2 Å². The van der Waals surface area contributed by atoms with Crippen molar-refractivity contribution in [1.82, 2.24) is 4.98 Å². The van der Waals surface area contributed by atoms with E-state index in [1.165, 1.54) is 0 Å². The summed E-state index contributed by atoms with van der Waals surface area (Å²) in [7, 11) is 0. The second-order valence-corrected chi connectivity index (χ2v) is 5.67. The molecule has 1 heterocycles. The Morgan fingerprint density at radius 2 is 1.83 bits per heavy atom. The Balaban J connectivity index is 1.95. The predicted molar refractivity (Wildman–Crippen MR) is 79.4 cm³/mol. The maximum absolute atomic E-state index is 5.95. The van der Waals surface area contributed by atoms with Gasteiger partial charge in [0.25, 0.3) is 0 Å². The fourth-order valence-corrected chi connectivity index (χ4v) is 2.99. The Morgan fingerprint density at radius 1 is 1.00 bits per heavy atom. The first-order valence-corrected chi connectivity index (χ1v) is 6.87. The SMILES string of the molecule is Clc1cccc(Nc2nc3ccc(Cl)cc3s2)c1. The molecule has 0 fully saturated rings. The smallest absolute Gasteiger partial charge is 0.188 e. The Labute approximate surface area is 118 Å². The molecule has 0 amide bonds. The number of fused-ring (bicyclic) bond motifs is 1. The normalized spacial score (nSPS) is 10.8. The molecule has 2 nitrogen and oxygen atoms in total. The molecular weight excluding hydrogens is 287 g/mol. The fourth-order valence-electron chi connectivity index (χ4n) is 1.64. The van der Waals surface area contributed by atoms with E-state index in [2.05, 4.69) is 10.3 Å². The molecule has 0 saturated heterocycles. The van der Waals surface area contributed by atoms with Crippen LogP contribution in [0.2, 0.25) is 10.0 Å². The minimum Gasteiger partial charge on any atom is -0.331 e. The largest absolute Gasteiger partial charge is 0.331 e. The van der Waals surface area contributed by atoms with Gasteiger partial charge in [-0.3, -0.25) is 0 Å². The molecule has 3 rings (SSSR count). The zero-order valence-electron chi connectivity index (χ0n) is 9.15. The van der Waals surface area contributed by atoms with E-state index in [0.717, 1.165) is 26.1 Å². The molecule has 3 aromatic rings. The summed E-state index contributed by atoms with van der Waals surface area (Å²) in [4.78, 5) is 4.48.